The molecule has 1 aliphatic rings. The molecule has 0 saturated heterocycles. The van der Waals surface area contributed by atoms with E-state index in [1.165, 1.54) is 24.3 Å². The van der Waals surface area contributed by atoms with Gasteiger partial charge in [-0.3, -0.25) is 24.9 Å². The monoisotopic (exact) mass is 443 g/mol. The number of allylic oxidation sites excluding steroid dienone is 5. The fraction of sp³-hybridized carbons (Fsp3) is 0.304. The Bertz CT molecular complexity index is 882. The minimum absolute atomic E-state index is 0.0713. The number of carbonyl (C=O) groups excluding carboxylic acids is 2. The van der Waals surface area contributed by atoms with Crippen molar-refractivity contribution in [3.8, 4) is 0 Å². The van der Waals surface area contributed by atoms with Crippen LogP contribution in [0.15, 0.2) is 72.7 Å². The van der Waals surface area contributed by atoms with Crippen LogP contribution in [0, 0.1) is 10.1 Å². The highest BCUT2D eigenvalue weighted by atomic mass is 16.6. The number of rotatable bonds is 5. The van der Waals surface area contributed by atoms with E-state index in [4.69, 9.17) is 0 Å². The van der Waals surface area contributed by atoms with Gasteiger partial charge in [-0.05, 0) is 32.9 Å². The lowest BCUT2D eigenvalue weighted by Crippen LogP contribution is -2.49. The van der Waals surface area contributed by atoms with Gasteiger partial charge in [0.25, 0.3) is 5.69 Å². The molecule has 0 aliphatic carbocycles. The van der Waals surface area contributed by atoms with Crippen molar-refractivity contribution in [3.05, 3.63) is 82.9 Å². The molecule has 174 valence electrons. The normalized spacial score (nSPS) is 13.2. The Kier molecular flexibility index (Phi) is 12.5. The summed E-state index contributed by atoms with van der Waals surface area (Å²) in [6, 6.07) is 4.83. The molecule has 9 nitrogen and oxygen atoms in total. The first-order valence-electron chi connectivity index (χ1n) is 10.1. The molecule has 2 N–H and O–H groups in total. The van der Waals surface area contributed by atoms with Crippen LogP contribution in [0.1, 0.15) is 34.6 Å². The van der Waals surface area contributed by atoms with Crippen molar-refractivity contribution in [2.75, 3.05) is 18.9 Å². The molecule has 0 spiro atoms. The second-order valence-electron chi connectivity index (χ2n) is 6.25. The van der Waals surface area contributed by atoms with Gasteiger partial charge in [-0.25, -0.2) is 4.79 Å². The molecule has 1 heterocycles. The van der Waals surface area contributed by atoms with Crippen molar-refractivity contribution >= 4 is 23.2 Å². The number of nitro benzene ring substituents is 1. The molecular weight excluding hydrogens is 410 g/mol. The van der Waals surface area contributed by atoms with Crippen molar-refractivity contribution in [1.82, 2.24) is 15.3 Å². The number of hydrogen-bond donors (Lipinski definition) is 2. The zero-order valence-electron chi connectivity index (χ0n) is 19.6. The van der Waals surface area contributed by atoms with Crippen molar-refractivity contribution in [2.45, 2.75) is 34.6 Å². The number of non-ortho nitro benzene ring substituents is 1. The van der Waals surface area contributed by atoms with E-state index in [1.807, 2.05) is 45.8 Å². The number of benzene rings is 1. The molecule has 2 amide bonds. The molecule has 2 rings (SSSR count). The minimum Gasteiger partial charge on any atom is -0.308 e. The molecule has 32 heavy (non-hydrogen) atoms. The Labute approximate surface area is 189 Å². The third-order valence-electron chi connectivity index (χ3n) is 4.35. The summed E-state index contributed by atoms with van der Waals surface area (Å²) in [4.78, 5) is 34.7. The number of nitro groups is 1. The first-order chi connectivity index (χ1) is 15.2. The van der Waals surface area contributed by atoms with Crippen LogP contribution in [0.4, 0.5) is 16.2 Å². The zero-order valence-corrected chi connectivity index (χ0v) is 19.6. The smallest absolute Gasteiger partial charge is 0.308 e. The average molecular weight is 444 g/mol. The summed E-state index contributed by atoms with van der Waals surface area (Å²) in [6.07, 6.45) is 5.18. The molecule has 0 radical (unpaired) electrons. The average Bonchev–Trinajstić information content (AvgIpc) is 2.80. The molecule has 0 saturated carbocycles. The van der Waals surface area contributed by atoms with Gasteiger partial charge in [0.15, 0.2) is 0 Å². The summed E-state index contributed by atoms with van der Waals surface area (Å²) < 4.78 is 0. The lowest BCUT2D eigenvalue weighted by atomic mass is 10.1. The van der Waals surface area contributed by atoms with Gasteiger partial charge in [-0.2, -0.15) is 0 Å². The van der Waals surface area contributed by atoms with Gasteiger partial charge in [0.2, 0.25) is 5.78 Å². The number of Topliss-reactive ketones (excluding diaryl/α,β-unsaturated/α-hetero) is 1. The quantitative estimate of drug-likeness (QED) is 0.377. The number of carbonyl (C=O) groups is 2. The Balaban J connectivity index is 0.00000144. The highest BCUT2D eigenvalue weighted by molar-refractivity contribution is 6.03. The second kappa shape index (κ2) is 14.2. The Hall–Kier alpha value is -3.88. The van der Waals surface area contributed by atoms with E-state index in [2.05, 4.69) is 23.8 Å². The Morgan fingerprint density at radius 3 is 2.12 bits per heavy atom. The number of nitrogens with zero attached hydrogens (tertiary/aromatic N) is 3. The number of ketones is 1. The van der Waals surface area contributed by atoms with Crippen LogP contribution in [-0.4, -0.2) is 40.3 Å². The van der Waals surface area contributed by atoms with Gasteiger partial charge in [0.05, 0.1) is 10.6 Å². The Morgan fingerprint density at radius 1 is 1.16 bits per heavy atom. The molecule has 1 aromatic rings. The highest BCUT2D eigenvalue weighted by Crippen LogP contribution is 2.21. The minimum atomic E-state index is -0.592. The molecule has 0 bridgehead atoms. The molecule has 1 aliphatic heterocycles. The van der Waals surface area contributed by atoms with E-state index in [9.17, 15) is 19.7 Å². The number of hydrazine groups is 1. The lowest BCUT2D eigenvalue weighted by Gasteiger charge is -2.40. The third kappa shape index (κ3) is 8.10. The number of nitrogens with one attached hydrogen (secondary N) is 2. The highest BCUT2D eigenvalue weighted by Gasteiger charge is 2.29. The van der Waals surface area contributed by atoms with Crippen LogP contribution in [0.3, 0.4) is 0 Å². The number of anilines is 1. The van der Waals surface area contributed by atoms with Crippen molar-refractivity contribution in [3.63, 3.8) is 0 Å². The standard InChI is InChI=1S/C17H21N5O4.C4H6.C2H6/c1-5-11(2)21-10-15(23)16(12(3)20(21)4)19-17(24)18-13-6-8-14(9-7-13)22(25)26;1-3-4-2;1-2/h5-9H,10H2,1-4H3,(H2,18,19,24);3-4H,1-2H2;1-2H3/b11-5+;;. The van der Waals surface area contributed by atoms with E-state index in [0.717, 1.165) is 5.70 Å². The summed E-state index contributed by atoms with van der Waals surface area (Å²) >= 11 is 0. The maximum atomic E-state index is 12.4. The summed E-state index contributed by atoms with van der Waals surface area (Å²) in [6.45, 7) is 16.4. The van der Waals surface area contributed by atoms with Gasteiger partial charge in [-0.15, -0.1) is 0 Å². The van der Waals surface area contributed by atoms with E-state index >= 15 is 0 Å². The summed E-state index contributed by atoms with van der Waals surface area (Å²) in [5, 5.41) is 19.4. The summed E-state index contributed by atoms with van der Waals surface area (Å²) in [5.74, 6) is -0.208. The topological polar surface area (TPSA) is 108 Å². The predicted molar refractivity (Wildman–Crippen MR) is 129 cm³/mol. The third-order valence-corrected chi connectivity index (χ3v) is 4.35. The molecule has 1 aromatic carbocycles. The SMILES string of the molecule is C/C=C(\C)N1CC(=O)C(NC(=O)Nc2ccc([N+](=O)[O-])cc2)=C(C)N1C.C=CC=C.CC. The fourth-order valence-corrected chi connectivity index (χ4v) is 2.48. The van der Waals surface area contributed by atoms with Crippen LogP contribution in [0.25, 0.3) is 0 Å². The predicted octanol–water partition coefficient (Wildman–Crippen LogP) is 4.99. The molecular formula is C23H33N5O4. The summed E-state index contributed by atoms with van der Waals surface area (Å²) in [5.41, 5.74) is 2.07. The molecule has 0 aromatic heterocycles. The molecule has 0 fully saturated rings. The maximum absolute atomic E-state index is 12.4. The second-order valence-corrected chi connectivity index (χ2v) is 6.25. The van der Waals surface area contributed by atoms with Crippen LogP contribution in [0.5, 0.6) is 0 Å². The van der Waals surface area contributed by atoms with E-state index in [0.29, 0.717) is 11.4 Å². The van der Waals surface area contributed by atoms with Crippen LogP contribution in [-0.2, 0) is 4.79 Å². The largest absolute Gasteiger partial charge is 0.323 e. The number of amides is 2. The first-order valence-corrected chi connectivity index (χ1v) is 10.1. The molecule has 0 unspecified atom stereocenters. The fourth-order valence-electron chi connectivity index (χ4n) is 2.48. The van der Waals surface area contributed by atoms with Crippen molar-refractivity contribution in [2.24, 2.45) is 0 Å². The molecule has 9 heteroatoms. The van der Waals surface area contributed by atoms with Crippen molar-refractivity contribution in [1.29, 1.82) is 0 Å². The van der Waals surface area contributed by atoms with Crippen LogP contribution in [0.2, 0.25) is 0 Å². The lowest BCUT2D eigenvalue weighted by molar-refractivity contribution is -0.384. The van der Waals surface area contributed by atoms with Gasteiger partial charge in [0, 0.05) is 30.6 Å². The van der Waals surface area contributed by atoms with E-state index in [1.54, 1.807) is 24.1 Å². The first kappa shape index (κ1) is 28.1. The maximum Gasteiger partial charge on any atom is 0.323 e. The van der Waals surface area contributed by atoms with Gasteiger partial charge in [-0.1, -0.05) is 45.2 Å². The van der Waals surface area contributed by atoms with E-state index < -0.39 is 11.0 Å². The Morgan fingerprint density at radius 2 is 1.69 bits per heavy atom. The summed E-state index contributed by atoms with van der Waals surface area (Å²) in [7, 11) is 1.81. The molecule has 0 atom stereocenters. The van der Waals surface area contributed by atoms with Gasteiger partial charge in [0.1, 0.15) is 12.2 Å². The van der Waals surface area contributed by atoms with E-state index in [-0.39, 0.29) is 23.7 Å². The van der Waals surface area contributed by atoms with Crippen LogP contribution < -0.4 is 10.6 Å². The zero-order chi connectivity index (χ0) is 24.8. The van der Waals surface area contributed by atoms with Gasteiger partial charge < -0.3 is 10.6 Å². The van der Waals surface area contributed by atoms with Gasteiger partial charge >= 0.3 is 6.03 Å². The number of hydrogen-bond acceptors (Lipinski definition) is 6. The van der Waals surface area contributed by atoms with Crippen molar-refractivity contribution < 1.29 is 14.5 Å². The number of urea groups is 1. The van der Waals surface area contributed by atoms with Crippen LogP contribution >= 0.6 is 0 Å².